The molecule has 0 unspecified atom stereocenters. The fraction of sp³-hybridized carbons (Fsp3) is 0.250. The number of ether oxygens (including phenoxy) is 2. The normalized spacial score (nSPS) is 15.2. The van der Waals surface area contributed by atoms with Crippen LogP contribution >= 0.6 is 0 Å². The van der Waals surface area contributed by atoms with E-state index in [9.17, 15) is 14.4 Å². The Labute approximate surface area is 151 Å². The van der Waals surface area contributed by atoms with Gasteiger partial charge in [-0.3, -0.25) is 14.4 Å². The van der Waals surface area contributed by atoms with Gasteiger partial charge in [0.2, 0.25) is 5.91 Å². The number of benzene rings is 2. The summed E-state index contributed by atoms with van der Waals surface area (Å²) in [6, 6.07) is 12.1. The molecule has 0 fully saturated rings. The van der Waals surface area contributed by atoms with Crippen LogP contribution in [0.4, 0.5) is 5.69 Å². The second kappa shape index (κ2) is 7.39. The Balaban J connectivity index is 1.57. The lowest BCUT2D eigenvalue weighted by Crippen LogP contribution is -2.16. The SMILES string of the molecule is COc1ccc(CC(=O)OCC(=O)c2ccc3c(c2)[C@H](C)C(=O)N3)cc1. The zero-order valence-electron chi connectivity index (χ0n) is 14.6. The van der Waals surface area contributed by atoms with E-state index in [1.807, 2.05) is 0 Å². The molecule has 0 saturated carbocycles. The molecule has 26 heavy (non-hydrogen) atoms. The first-order chi connectivity index (χ1) is 12.5. The lowest BCUT2D eigenvalue weighted by molar-refractivity contribution is -0.141. The van der Waals surface area contributed by atoms with E-state index in [1.165, 1.54) is 0 Å². The highest BCUT2D eigenvalue weighted by Gasteiger charge is 2.27. The van der Waals surface area contributed by atoms with Crippen molar-refractivity contribution < 1.29 is 23.9 Å². The number of anilines is 1. The summed E-state index contributed by atoms with van der Waals surface area (Å²) in [5.74, 6) is -0.459. The van der Waals surface area contributed by atoms with Gasteiger partial charge in [0.15, 0.2) is 12.4 Å². The molecule has 3 rings (SSSR count). The number of amides is 1. The van der Waals surface area contributed by atoms with Crippen LogP contribution in [-0.2, 0) is 20.7 Å². The number of ketones is 1. The Morgan fingerprint density at radius 3 is 2.54 bits per heavy atom. The smallest absolute Gasteiger partial charge is 0.310 e. The van der Waals surface area contributed by atoms with E-state index in [2.05, 4.69) is 5.32 Å². The van der Waals surface area contributed by atoms with Gasteiger partial charge in [0.25, 0.3) is 0 Å². The standard InChI is InChI=1S/C20H19NO5/c1-12-16-10-14(5-8-17(16)21-20(12)24)18(22)11-26-19(23)9-13-3-6-15(25-2)7-4-13/h3-8,10,12H,9,11H2,1-2H3,(H,21,24)/t12-/m0/s1. The Kier molecular flexibility index (Phi) is 5.02. The molecule has 0 saturated heterocycles. The van der Waals surface area contributed by atoms with Gasteiger partial charge in [-0.2, -0.15) is 0 Å². The average molecular weight is 353 g/mol. The number of hydrogen-bond donors (Lipinski definition) is 1. The van der Waals surface area contributed by atoms with Crippen molar-refractivity contribution in [2.75, 3.05) is 19.0 Å². The average Bonchev–Trinajstić information content (AvgIpc) is 2.94. The van der Waals surface area contributed by atoms with E-state index in [-0.39, 0.29) is 30.6 Å². The fourth-order valence-electron chi connectivity index (χ4n) is 2.78. The lowest BCUT2D eigenvalue weighted by Gasteiger charge is -2.07. The minimum atomic E-state index is -0.477. The number of carbonyl (C=O) groups is 3. The lowest BCUT2D eigenvalue weighted by atomic mass is 9.99. The molecule has 1 atom stereocenters. The van der Waals surface area contributed by atoms with Crippen LogP contribution in [0.3, 0.4) is 0 Å². The van der Waals surface area contributed by atoms with Gasteiger partial charge >= 0.3 is 5.97 Å². The molecule has 2 aromatic rings. The largest absolute Gasteiger partial charge is 0.497 e. The van der Waals surface area contributed by atoms with Crippen molar-refractivity contribution in [3.63, 3.8) is 0 Å². The van der Waals surface area contributed by atoms with Crippen molar-refractivity contribution >= 4 is 23.3 Å². The highest BCUT2D eigenvalue weighted by molar-refractivity contribution is 6.05. The van der Waals surface area contributed by atoms with Crippen molar-refractivity contribution in [1.82, 2.24) is 0 Å². The molecule has 6 nitrogen and oxygen atoms in total. The zero-order chi connectivity index (χ0) is 18.7. The summed E-state index contributed by atoms with van der Waals surface area (Å²) in [5, 5.41) is 2.75. The molecule has 2 aromatic carbocycles. The summed E-state index contributed by atoms with van der Waals surface area (Å²) >= 11 is 0. The molecule has 0 aromatic heterocycles. The number of rotatable bonds is 6. The van der Waals surface area contributed by atoms with Crippen molar-refractivity contribution in [1.29, 1.82) is 0 Å². The Bertz CT molecular complexity index is 857. The number of methoxy groups -OCH3 is 1. The molecule has 6 heteroatoms. The third-order valence-corrected chi connectivity index (χ3v) is 4.36. The Morgan fingerprint density at radius 1 is 1.12 bits per heavy atom. The molecule has 1 amide bonds. The third kappa shape index (κ3) is 3.74. The molecule has 1 N–H and O–H groups in total. The minimum Gasteiger partial charge on any atom is -0.497 e. The number of carbonyl (C=O) groups excluding carboxylic acids is 3. The molecule has 0 aliphatic carbocycles. The van der Waals surface area contributed by atoms with E-state index in [0.717, 1.165) is 16.8 Å². The van der Waals surface area contributed by atoms with E-state index < -0.39 is 5.97 Å². The van der Waals surface area contributed by atoms with Gasteiger partial charge in [0, 0.05) is 11.3 Å². The summed E-state index contributed by atoms with van der Waals surface area (Å²) in [7, 11) is 1.57. The second-order valence-corrected chi connectivity index (χ2v) is 6.12. The maximum absolute atomic E-state index is 12.3. The van der Waals surface area contributed by atoms with Gasteiger partial charge in [-0.25, -0.2) is 0 Å². The molecule has 1 aliphatic rings. The molecular weight excluding hydrogens is 334 g/mol. The molecular formula is C20H19NO5. The summed E-state index contributed by atoms with van der Waals surface area (Å²) in [4.78, 5) is 35.9. The van der Waals surface area contributed by atoms with Crippen LogP contribution in [-0.4, -0.2) is 31.4 Å². The Morgan fingerprint density at radius 2 is 1.85 bits per heavy atom. The van der Waals surface area contributed by atoms with E-state index in [0.29, 0.717) is 11.3 Å². The van der Waals surface area contributed by atoms with E-state index >= 15 is 0 Å². The quantitative estimate of drug-likeness (QED) is 0.638. The van der Waals surface area contributed by atoms with Gasteiger partial charge in [-0.05, 0) is 48.4 Å². The van der Waals surface area contributed by atoms with Crippen LogP contribution in [0.5, 0.6) is 5.75 Å². The van der Waals surface area contributed by atoms with Crippen molar-refractivity contribution in [3.8, 4) is 5.75 Å². The van der Waals surface area contributed by atoms with Gasteiger partial charge in [0.05, 0.1) is 19.4 Å². The monoisotopic (exact) mass is 353 g/mol. The highest BCUT2D eigenvalue weighted by atomic mass is 16.5. The summed E-state index contributed by atoms with van der Waals surface area (Å²) < 4.78 is 10.1. The predicted molar refractivity (Wildman–Crippen MR) is 95.5 cm³/mol. The first-order valence-corrected chi connectivity index (χ1v) is 8.24. The van der Waals surface area contributed by atoms with Crippen LogP contribution < -0.4 is 10.1 Å². The molecule has 0 spiro atoms. The van der Waals surface area contributed by atoms with E-state index in [1.54, 1.807) is 56.5 Å². The fourth-order valence-corrected chi connectivity index (χ4v) is 2.78. The van der Waals surface area contributed by atoms with E-state index in [4.69, 9.17) is 9.47 Å². The topological polar surface area (TPSA) is 81.7 Å². The van der Waals surface area contributed by atoms with Gasteiger partial charge in [-0.15, -0.1) is 0 Å². The maximum atomic E-state index is 12.3. The third-order valence-electron chi connectivity index (χ3n) is 4.36. The van der Waals surface area contributed by atoms with Gasteiger partial charge < -0.3 is 14.8 Å². The van der Waals surface area contributed by atoms with Crippen molar-refractivity contribution in [2.45, 2.75) is 19.3 Å². The molecule has 0 bridgehead atoms. The zero-order valence-corrected chi connectivity index (χ0v) is 14.6. The predicted octanol–water partition coefficient (Wildman–Crippen LogP) is 2.72. The number of hydrogen-bond acceptors (Lipinski definition) is 5. The van der Waals surface area contributed by atoms with Crippen LogP contribution in [0.2, 0.25) is 0 Å². The van der Waals surface area contributed by atoms with Crippen LogP contribution in [0.15, 0.2) is 42.5 Å². The maximum Gasteiger partial charge on any atom is 0.310 e. The molecule has 1 aliphatic heterocycles. The summed E-state index contributed by atoms with van der Waals surface area (Å²) in [5.41, 5.74) is 2.70. The summed E-state index contributed by atoms with van der Waals surface area (Å²) in [6.45, 7) is 1.45. The molecule has 0 radical (unpaired) electrons. The second-order valence-electron chi connectivity index (χ2n) is 6.12. The van der Waals surface area contributed by atoms with Crippen molar-refractivity contribution in [3.05, 3.63) is 59.2 Å². The van der Waals surface area contributed by atoms with Crippen molar-refractivity contribution in [2.24, 2.45) is 0 Å². The minimum absolute atomic E-state index is 0.0803. The van der Waals surface area contributed by atoms with Crippen LogP contribution in [0.1, 0.15) is 34.3 Å². The first kappa shape index (κ1) is 17.7. The number of nitrogens with one attached hydrogen (secondary N) is 1. The van der Waals surface area contributed by atoms with Crippen LogP contribution in [0, 0.1) is 0 Å². The number of fused-ring (bicyclic) bond motifs is 1. The van der Waals surface area contributed by atoms with Crippen LogP contribution in [0.25, 0.3) is 0 Å². The van der Waals surface area contributed by atoms with Gasteiger partial charge in [0.1, 0.15) is 5.75 Å². The summed E-state index contributed by atoms with van der Waals surface area (Å²) in [6.07, 6.45) is 0.0803. The first-order valence-electron chi connectivity index (χ1n) is 8.24. The van der Waals surface area contributed by atoms with Gasteiger partial charge in [-0.1, -0.05) is 12.1 Å². The number of Topliss-reactive ketones (excluding diaryl/α,β-unsaturated/α-hetero) is 1. The molecule has 1 heterocycles. The Hall–Kier alpha value is -3.15. The highest BCUT2D eigenvalue weighted by Crippen LogP contribution is 2.32. The number of esters is 1. The molecule has 134 valence electrons.